The first-order chi connectivity index (χ1) is 7.69. The first-order valence-electron chi connectivity index (χ1n) is 5.40. The fraction of sp³-hybridized carbons (Fsp3) is 0.357. The summed E-state index contributed by atoms with van der Waals surface area (Å²) in [6.45, 7) is 4.20. The molecule has 1 rings (SSSR count). The van der Waals surface area contributed by atoms with Crippen LogP contribution in [0.2, 0.25) is 0 Å². The molecule has 0 aliphatic rings. The van der Waals surface area contributed by atoms with Gasteiger partial charge in [-0.2, -0.15) is 0 Å². The Hall–Kier alpha value is -1.75. The fourth-order valence-corrected chi connectivity index (χ4v) is 1.64. The second-order valence-corrected chi connectivity index (χ2v) is 3.64. The van der Waals surface area contributed by atoms with Crippen LogP contribution in [-0.2, 0) is 9.53 Å². The van der Waals surface area contributed by atoms with Crippen molar-refractivity contribution in [3.05, 3.63) is 35.4 Å². The summed E-state index contributed by atoms with van der Waals surface area (Å²) in [5, 5.41) is 0. The molecule has 0 spiro atoms. The van der Waals surface area contributed by atoms with Gasteiger partial charge in [-0.05, 0) is 24.5 Å². The van der Waals surface area contributed by atoms with Crippen molar-refractivity contribution in [3.8, 4) is 12.3 Å². The van der Waals surface area contributed by atoms with Crippen LogP contribution in [0.15, 0.2) is 24.3 Å². The predicted octanol–water partition coefficient (Wildman–Crippen LogP) is 2.72. The Kier molecular flexibility index (Phi) is 4.60. The Morgan fingerprint density at radius 2 is 2.19 bits per heavy atom. The number of esters is 1. The van der Waals surface area contributed by atoms with Crippen molar-refractivity contribution < 1.29 is 9.53 Å². The van der Waals surface area contributed by atoms with Gasteiger partial charge in [0.2, 0.25) is 0 Å². The summed E-state index contributed by atoms with van der Waals surface area (Å²) in [5.74, 6) is 2.54. The van der Waals surface area contributed by atoms with Crippen molar-refractivity contribution in [1.82, 2.24) is 0 Å². The zero-order valence-corrected chi connectivity index (χ0v) is 9.69. The molecule has 0 N–H and O–H groups in total. The van der Waals surface area contributed by atoms with Crippen LogP contribution in [0.25, 0.3) is 0 Å². The number of ether oxygens (including phenoxy) is 1. The van der Waals surface area contributed by atoms with E-state index in [1.54, 1.807) is 6.92 Å². The van der Waals surface area contributed by atoms with E-state index >= 15 is 0 Å². The van der Waals surface area contributed by atoms with Gasteiger partial charge in [0.1, 0.15) is 0 Å². The SMILES string of the molecule is C#Cc1ccccc1C(C)CC(=O)OCC. The summed E-state index contributed by atoms with van der Waals surface area (Å²) >= 11 is 0. The molecule has 0 fully saturated rings. The van der Waals surface area contributed by atoms with Gasteiger partial charge in [-0.25, -0.2) is 0 Å². The Morgan fingerprint density at radius 3 is 2.81 bits per heavy atom. The highest BCUT2D eigenvalue weighted by atomic mass is 16.5. The zero-order chi connectivity index (χ0) is 12.0. The number of carbonyl (C=O) groups is 1. The molecule has 1 atom stereocenters. The second kappa shape index (κ2) is 5.97. The number of carbonyl (C=O) groups excluding carboxylic acids is 1. The molecule has 0 heterocycles. The lowest BCUT2D eigenvalue weighted by atomic mass is 9.93. The maximum Gasteiger partial charge on any atom is 0.306 e. The van der Waals surface area contributed by atoms with E-state index in [4.69, 9.17) is 11.2 Å². The van der Waals surface area contributed by atoms with Gasteiger partial charge in [0.05, 0.1) is 13.0 Å². The van der Waals surface area contributed by atoms with Gasteiger partial charge >= 0.3 is 5.97 Å². The van der Waals surface area contributed by atoms with E-state index in [9.17, 15) is 4.79 Å². The normalized spacial score (nSPS) is 11.6. The first-order valence-corrected chi connectivity index (χ1v) is 5.40. The van der Waals surface area contributed by atoms with Crippen LogP contribution in [0, 0.1) is 12.3 Å². The number of benzene rings is 1. The first kappa shape index (κ1) is 12.3. The van der Waals surface area contributed by atoms with Gasteiger partial charge < -0.3 is 4.74 Å². The lowest BCUT2D eigenvalue weighted by Gasteiger charge is -2.12. The molecule has 0 aliphatic carbocycles. The third kappa shape index (κ3) is 3.13. The van der Waals surface area contributed by atoms with Gasteiger partial charge in [-0.1, -0.05) is 31.0 Å². The smallest absolute Gasteiger partial charge is 0.306 e. The molecular weight excluding hydrogens is 200 g/mol. The lowest BCUT2D eigenvalue weighted by molar-refractivity contribution is -0.143. The van der Waals surface area contributed by atoms with Crippen LogP contribution in [-0.4, -0.2) is 12.6 Å². The summed E-state index contributed by atoms with van der Waals surface area (Å²) in [6.07, 6.45) is 5.78. The van der Waals surface area contributed by atoms with Crippen molar-refractivity contribution in [1.29, 1.82) is 0 Å². The number of hydrogen-bond donors (Lipinski definition) is 0. The molecule has 0 radical (unpaired) electrons. The minimum absolute atomic E-state index is 0.0892. The number of terminal acetylenes is 1. The van der Waals surface area contributed by atoms with E-state index in [-0.39, 0.29) is 11.9 Å². The average molecular weight is 216 g/mol. The quantitative estimate of drug-likeness (QED) is 0.571. The van der Waals surface area contributed by atoms with Crippen LogP contribution >= 0.6 is 0 Å². The van der Waals surface area contributed by atoms with E-state index in [1.165, 1.54) is 0 Å². The highest BCUT2D eigenvalue weighted by molar-refractivity contribution is 5.70. The molecule has 0 aliphatic heterocycles. The Balaban J connectivity index is 2.77. The summed E-state index contributed by atoms with van der Waals surface area (Å²) in [6, 6.07) is 7.67. The van der Waals surface area contributed by atoms with Crippen LogP contribution in [0.3, 0.4) is 0 Å². The number of hydrogen-bond acceptors (Lipinski definition) is 2. The van der Waals surface area contributed by atoms with E-state index in [2.05, 4.69) is 5.92 Å². The van der Waals surface area contributed by atoms with Crippen molar-refractivity contribution in [2.45, 2.75) is 26.2 Å². The molecule has 1 aromatic carbocycles. The summed E-state index contributed by atoms with van der Waals surface area (Å²) < 4.78 is 4.92. The van der Waals surface area contributed by atoms with Crippen LogP contribution in [0.4, 0.5) is 0 Å². The van der Waals surface area contributed by atoms with Crippen LogP contribution in [0.5, 0.6) is 0 Å². The minimum Gasteiger partial charge on any atom is -0.466 e. The maximum atomic E-state index is 11.4. The third-order valence-electron chi connectivity index (χ3n) is 2.43. The number of rotatable bonds is 4. The molecule has 0 saturated heterocycles. The minimum atomic E-state index is -0.179. The van der Waals surface area contributed by atoms with Gasteiger partial charge in [-0.3, -0.25) is 4.79 Å². The van der Waals surface area contributed by atoms with Gasteiger partial charge in [0, 0.05) is 5.56 Å². The van der Waals surface area contributed by atoms with E-state index in [0.29, 0.717) is 13.0 Å². The standard InChI is InChI=1S/C14H16O2/c1-4-12-8-6-7-9-13(12)11(3)10-14(15)16-5-2/h1,6-9,11H,5,10H2,2-3H3. The molecule has 84 valence electrons. The molecule has 0 amide bonds. The molecule has 1 unspecified atom stereocenters. The second-order valence-electron chi connectivity index (χ2n) is 3.64. The molecule has 0 saturated carbocycles. The highest BCUT2D eigenvalue weighted by Crippen LogP contribution is 2.22. The van der Waals surface area contributed by atoms with E-state index in [0.717, 1.165) is 11.1 Å². The van der Waals surface area contributed by atoms with E-state index < -0.39 is 0 Å². The molecule has 0 bridgehead atoms. The monoisotopic (exact) mass is 216 g/mol. The Morgan fingerprint density at radius 1 is 1.50 bits per heavy atom. The molecular formula is C14H16O2. The van der Waals surface area contributed by atoms with Gasteiger partial charge in [-0.15, -0.1) is 6.42 Å². The van der Waals surface area contributed by atoms with Crippen LogP contribution in [0.1, 0.15) is 37.3 Å². The fourth-order valence-electron chi connectivity index (χ4n) is 1.64. The largest absolute Gasteiger partial charge is 0.466 e. The molecule has 2 nitrogen and oxygen atoms in total. The molecule has 2 heteroatoms. The summed E-state index contributed by atoms with van der Waals surface area (Å²) in [4.78, 5) is 11.4. The molecule has 1 aromatic rings. The molecule has 16 heavy (non-hydrogen) atoms. The maximum absolute atomic E-state index is 11.4. The van der Waals surface area contributed by atoms with Crippen molar-refractivity contribution >= 4 is 5.97 Å². The van der Waals surface area contributed by atoms with Gasteiger partial charge in [0.25, 0.3) is 0 Å². The Bertz CT molecular complexity index is 401. The molecule has 0 aromatic heterocycles. The van der Waals surface area contributed by atoms with Crippen LogP contribution < -0.4 is 0 Å². The highest BCUT2D eigenvalue weighted by Gasteiger charge is 2.14. The topological polar surface area (TPSA) is 26.3 Å². The van der Waals surface area contributed by atoms with Gasteiger partial charge in [0.15, 0.2) is 0 Å². The summed E-state index contributed by atoms with van der Waals surface area (Å²) in [7, 11) is 0. The van der Waals surface area contributed by atoms with Crippen molar-refractivity contribution in [2.24, 2.45) is 0 Å². The summed E-state index contributed by atoms with van der Waals surface area (Å²) in [5.41, 5.74) is 1.87. The third-order valence-corrected chi connectivity index (χ3v) is 2.43. The van der Waals surface area contributed by atoms with E-state index in [1.807, 2.05) is 31.2 Å². The zero-order valence-electron chi connectivity index (χ0n) is 9.69. The average Bonchev–Trinajstić information content (AvgIpc) is 2.29. The van der Waals surface area contributed by atoms with Crippen molar-refractivity contribution in [2.75, 3.05) is 6.61 Å². The lowest BCUT2D eigenvalue weighted by Crippen LogP contribution is -2.09. The van der Waals surface area contributed by atoms with Crippen molar-refractivity contribution in [3.63, 3.8) is 0 Å². The predicted molar refractivity (Wildman–Crippen MR) is 64.0 cm³/mol. The Labute approximate surface area is 96.6 Å².